The van der Waals surface area contributed by atoms with Gasteiger partial charge < -0.3 is 5.73 Å². The lowest BCUT2D eigenvalue weighted by Gasteiger charge is -2.35. The SMILES string of the molecule is CC(N(C)Cc1cccc(CN)c1)C(C)(C)C. The lowest BCUT2D eigenvalue weighted by Crippen LogP contribution is -2.38. The van der Waals surface area contributed by atoms with Gasteiger partial charge >= 0.3 is 0 Å². The molecule has 96 valence electrons. The van der Waals surface area contributed by atoms with Gasteiger partial charge in [-0.2, -0.15) is 0 Å². The van der Waals surface area contributed by atoms with Crippen LogP contribution in [0.25, 0.3) is 0 Å². The van der Waals surface area contributed by atoms with E-state index >= 15 is 0 Å². The van der Waals surface area contributed by atoms with Crippen LogP contribution in [0.4, 0.5) is 0 Å². The second kappa shape index (κ2) is 5.65. The number of rotatable bonds is 4. The van der Waals surface area contributed by atoms with Gasteiger partial charge in [-0.05, 0) is 30.5 Å². The molecule has 1 aromatic carbocycles. The molecule has 2 heteroatoms. The van der Waals surface area contributed by atoms with E-state index in [-0.39, 0.29) is 0 Å². The Bertz CT molecular complexity index is 352. The Morgan fingerprint density at radius 2 is 1.82 bits per heavy atom. The summed E-state index contributed by atoms with van der Waals surface area (Å²) in [5, 5.41) is 0. The largest absolute Gasteiger partial charge is 0.326 e. The Morgan fingerprint density at radius 3 is 2.35 bits per heavy atom. The average molecular weight is 234 g/mol. The molecule has 0 fully saturated rings. The third-order valence-corrected chi connectivity index (χ3v) is 3.57. The van der Waals surface area contributed by atoms with Gasteiger partial charge in [-0.1, -0.05) is 45.0 Å². The maximum Gasteiger partial charge on any atom is 0.0233 e. The van der Waals surface area contributed by atoms with Gasteiger partial charge in [0.2, 0.25) is 0 Å². The van der Waals surface area contributed by atoms with Crippen LogP contribution in [-0.4, -0.2) is 18.0 Å². The van der Waals surface area contributed by atoms with E-state index in [1.165, 1.54) is 11.1 Å². The minimum absolute atomic E-state index is 0.306. The minimum Gasteiger partial charge on any atom is -0.326 e. The normalized spacial score (nSPS) is 14.1. The molecule has 0 aliphatic carbocycles. The molecule has 0 heterocycles. The van der Waals surface area contributed by atoms with Gasteiger partial charge in [-0.15, -0.1) is 0 Å². The van der Waals surface area contributed by atoms with Crippen LogP contribution in [0.5, 0.6) is 0 Å². The summed E-state index contributed by atoms with van der Waals surface area (Å²) < 4.78 is 0. The van der Waals surface area contributed by atoms with E-state index in [4.69, 9.17) is 5.73 Å². The summed E-state index contributed by atoms with van der Waals surface area (Å²) in [6, 6.07) is 9.09. The Kier molecular flexibility index (Phi) is 4.72. The third kappa shape index (κ3) is 4.14. The smallest absolute Gasteiger partial charge is 0.0233 e. The average Bonchev–Trinajstić information content (AvgIpc) is 2.27. The predicted molar refractivity (Wildman–Crippen MR) is 74.7 cm³/mol. The monoisotopic (exact) mass is 234 g/mol. The Balaban J connectivity index is 2.70. The first kappa shape index (κ1) is 14.2. The van der Waals surface area contributed by atoms with Crippen LogP contribution in [-0.2, 0) is 13.1 Å². The standard InChI is InChI=1S/C15H26N2/c1-12(15(2,3)4)17(5)11-14-8-6-7-13(9-14)10-16/h6-9,12H,10-11,16H2,1-5H3. The summed E-state index contributed by atoms with van der Waals surface area (Å²) >= 11 is 0. The zero-order valence-corrected chi connectivity index (χ0v) is 11.8. The molecule has 0 aliphatic rings. The van der Waals surface area contributed by atoms with Crippen molar-refractivity contribution in [2.45, 2.75) is 46.8 Å². The van der Waals surface area contributed by atoms with Gasteiger partial charge in [0.05, 0.1) is 0 Å². The Labute approximate surface area is 106 Å². The molecule has 1 unspecified atom stereocenters. The number of nitrogens with two attached hydrogens (primary N) is 1. The summed E-state index contributed by atoms with van der Waals surface area (Å²) in [7, 11) is 2.19. The molecule has 17 heavy (non-hydrogen) atoms. The fourth-order valence-corrected chi connectivity index (χ4v) is 1.94. The summed E-state index contributed by atoms with van der Waals surface area (Å²) in [6.07, 6.45) is 0. The fraction of sp³-hybridized carbons (Fsp3) is 0.600. The minimum atomic E-state index is 0.306. The molecule has 0 amide bonds. The van der Waals surface area contributed by atoms with Crippen molar-refractivity contribution in [3.05, 3.63) is 35.4 Å². The van der Waals surface area contributed by atoms with E-state index < -0.39 is 0 Å². The van der Waals surface area contributed by atoms with Crippen LogP contribution in [0.3, 0.4) is 0 Å². The molecule has 0 bridgehead atoms. The zero-order chi connectivity index (χ0) is 13.1. The summed E-state index contributed by atoms with van der Waals surface area (Å²) in [4.78, 5) is 2.40. The first-order valence-corrected chi connectivity index (χ1v) is 6.32. The highest BCUT2D eigenvalue weighted by atomic mass is 15.1. The quantitative estimate of drug-likeness (QED) is 0.867. The van der Waals surface area contributed by atoms with Gasteiger partial charge in [0, 0.05) is 19.1 Å². The summed E-state index contributed by atoms with van der Waals surface area (Å²) in [5.74, 6) is 0. The third-order valence-electron chi connectivity index (χ3n) is 3.57. The van der Waals surface area contributed by atoms with Gasteiger partial charge in [0.25, 0.3) is 0 Å². The van der Waals surface area contributed by atoms with E-state index in [0.29, 0.717) is 18.0 Å². The molecule has 1 rings (SSSR count). The van der Waals surface area contributed by atoms with Crippen LogP contribution in [0.1, 0.15) is 38.8 Å². The van der Waals surface area contributed by atoms with Gasteiger partial charge in [-0.25, -0.2) is 0 Å². The maximum atomic E-state index is 5.66. The highest BCUT2D eigenvalue weighted by molar-refractivity contribution is 5.23. The first-order valence-electron chi connectivity index (χ1n) is 6.32. The van der Waals surface area contributed by atoms with Crippen LogP contribution in [0.2, 0.25) is 0 Å². The van der Waals surface area contributed by atoms with Crippen molar-refractivity contribution < 1.29 is 0 Å². The lowest BCUT2D eigenvalue weighted by molar-refractivity contribution is 0.134. The summed E-state index contributed by atoms with van der Waals surface area (Å²) in [5.41, 5.74) is 8.52. The number of hydrogen-bond donors (Lipinski definition) is 1. The van der Waals surface area contributed by atoms with Crippen molar-refractivity contribution in [2.75, 3.05) is 7.05 Å². The van der Waals surface area contributed by atoms with Crippen molar-refractivity contribution in [1.29, 1.82) is 0 Å². The molecule has 0 aromatic heterocycles. The molecule has 2 nitrogen and oxygen atoms in total. The molecule has 1 aromatic rings. The molecule has 0 aliphatic heterocycles. The molecule has 0 radical (unpaired) electrons. The second-order valence-corrected chi connectivity index (χ2v) is 5.98. The molecular weight excluding hydrogens is 208 g/mol. The van der Waals surface area contributed by atoms with Crippen molar-refractivity contribution in [3.63, 3.8) is 0 Å². The van der Waals surface area contributed by atoms with Gasteiger partial charge in [-0.3, -0.25) is 4.90 Å². The molecule has 1 atom stereocenters. The number of nitrogens with zero attached hydrogens (tertiary/aromatic N) is 1. The highest BCUT2D eigenvalue weighted by Crippen LogP contribution is 2.24. The number of hydrogen-bond acceptors (Lipinski definition) is 2. The Morgan fingerprint density at radius 1 is 1.24 bits per heavy atom. The molecule has 0 saturated carbocycles. The predicted octanol–water partition coefficient (Wildman–Crippen LogP) is 3.01. The van der Waals surface area contributed by atoms with Gasteiger partial charge in [0.15, 0.2) is 0 Å². The first-order chi connectivity index (χ1) is 7.84. The van der Waals surface area contributed by atoms with Crippen molar-refractivity contribution in [3.8, 4) is 0 Å². The van der Waals surface area contributed by atoms with Gasteiger partial charge in [0.1, 0.15) is 0 Å². The van der Waals surface area contributed by atoms with Crippen LogP contribution < -0.4 is 5.73 Å². The Hall–Kier alpha value is -0.860. The molecular formula is C15H26N2. The van der Waals surface area contributed by atoms with Crippen LogP contribution in [0.15, 0.2) is 24.3 Å². The molecule has 0 saturated heterocycles. The van der Waals surface area contributed by atoms with Crippen molar-refractivity contribution >= 4 is 0 Å². The maximum absolute atomic E-state index is 5.66. The number of benzene rings is 1. The lowest BCUT2D eigenvalue weighted by atomic mass is 9.87. The van der Waals surface area contributed by atoms with Crippen molar-refractivity contribution in [1.82, 2.24) is 4.90 Å². The second-order valence-electron chi connectivity index (χ2n) is 5.98. The van der Waals surface area contributed by atoms with E-state index in [1.54, 1.807) is 0 Å². The van der Waals surface area contributed by atoms with E-state index in [9.17, 15) is 0 Å². The van der Waals surface area contributed by atoms with E-state index in [2.05, 4.69) is 63.9 Å². The molecule has 2 N–H and O–H groups in total. The summed E-state index contributed by atoms with van der Waals surface area (Å²) in [6.45, 7) is 10.7. The van der Waals surface area contributed by atoms with E-state index in [1.807, 2.05) is 0 Å². The van der Waals surface area contributed by atoms with Crippen LogP contribution in [0, 0.1) is 5.41 Å². The van der Waals surface area contributed by atoms with E-state index in [0.717, 1.165) is 6.54 Å². The van der Waals surface area contributed by atoms with Crippen LogP contribution >= 0.6 is 0 Å². The van der Waals surface area contributed by atoms with Crippen molar-refractivity contribution in [2.24, 2.45) is 11.1 Å². The highest BCUT2D eigenvalue weighted by Gasteiger charge is 2.23. The molecule has 0 spiro atoms. The fourth-order valence-electron chi connectivity index (χ4n) is 1.94. The zero-order valence-electron chi connectivity index (χ0n) is 11.8. The topological polar surface area (TPSA) is 29.3 Å².